The van der Waals surface area contributed by atoms with E-state index in [9.17, 15) is 14.4 Å². The van der Waals surface area contributed by atoms with Crippen molar-refractivity contribution in [2.24, 2.45) is 0 Å². The van der Waals surface area contributed by atoms with Crippen LogP contribution in [-0.4, -0.2) is 66.9 Å². The summed E-state index contributed by atoms with van der Waals surface area (Å²) in [4.78, 5) is 41.3. The Hall–Kier alpha value is -3.23. The lowest BCUT2D eigenvalue weighted by atomic mass is 10.0. The molecular weight excluding hydrogens is 406 g/mol. The molecule has 1 aliphatic heterocycles. The fraction of sp³-hybridized carbons (Fsp3) is 0.375. The van der Waals surface area contributed by atoms with Crippen molar-refractivity contribution in [1.29, 1.82) is 0 Å². The van der Waals surface area contributed by atoms with Crippen molar-refractivity contribution < 1.29 is 14.4 Å². The van der Waals surface area contributed by atoms with Gasteiger partial charge in [-0.05, 0) is 18.1 Å². The molecule has 1 saturated heterocycles. The van der Waals surface area contributed by atoms with Gasteiger partial charge in [0.05, 0.1) is 6.54 Å². The van der Waals surface area contributed by atoms with Crippen LogP contribution in [0.2, 0.25) is 0 Å². The standard InChI is InChI=1S/C24H31N5O3/c1-2-25-24(32)27-23(31)22(20-11-7-4-8-12-20)29-15-13-28(14-16-29)18-21(30)26-17-19-9-5-3-6-10-19/h3-12,22H,2,13-18H2,1H3,(H,26,30)(H2,25,27,31,32). The summed E-state index contributed by atoms with van der Waals surface area (Å²) in [5, 5.41) is 8.00. The van der Waals surface area contributed by atoms with Crippen LogP contribution in [0.15, 0.2) is 60.7 Å². The molecule has 3 rings (SSSR count). The van der Waals surface area contributed by atoms with Crippen LogP contribution < -0.4 is 16.0 Å². The van der Waals surface area contributed by atoms with E-state index in [2.05, 4.69) is 25.8 Å². The minimum atomic E-state index is -0.562. The second-order valence-electron chi connectivity index (χ2n) is 7.74. The first-order chi connectivity index (χ1) is 15.6. The van der Waals surface area contributed by atoms with Crippen LogP contribution in [0.25, 0.3) is 0 Å². The maximum atomic E-state index is 12.9. The summed E-state index contributed by atoms with van der Waals surface area (Å²) in [7, 11) is 0. The minimum absolute atomic E-state index is 0.0177. The van der Waals surface area contributed by atoms with Gasteiger partial charge in [-0.15, -0.1) is 0 Å². The van der Waals surface area contributed by atoms with E-state index in [1.54, 1.807) is 6.92 Å². The number of piperazine rings is 1. The van der Waals surface area contributed by atoms with Crippen molar-refractivity contribution >= 4 is 17.8 Å². The number of rotatable bonds is 8. The topological polar surface area (TPSA) is 93.8 Å². The number of carbonyl (C=O) groups excluding carboxylic acids is 3. The van der Waals surface area contributed by atoms with Gasteiger partial charge in [0.25, 0.3) is 0 Å². The highest BCUT2D eigenvalue weighted by Gasteiger charge is 2.31. The van der Waals surface area contributed by atoms with E-state index in [1.807, 2.05) is 60.7 Å². The molecular formula is C24H31N5O3. The smallest absolute Gasteiger partial charge is 0.321 e. The number of amides is 4. The molecule has 8 heteroatoms. The van der Waals surface area contributed by atoms with E-state index in [1.165, 1.54) is 0 Å². The highest BCUT2D eigenvalue weighted by molar-refractivity contribution is 5.97. The molecule has 1 fully saturated rings. The highest BCUT2D eigenvalue weighted by atomic mass is 16.2. The van der Waals surface area contributed by atoms with Gasteiger partial charge in [0.2, 0.25) is 11.8 Å². The van der Waals surface area contributed by atoms with Crippen molar-refractivity contribution in [2.45, 2.75) is 19.5 Å². The lowest BCUT2D eigenvalue weighted by Gasteiger charge is -2.38. The normalized spacial score (nSPS) is 15.5. The molecule has 8 nitrogen and oxygen atoms in total. The summed E-state index contributed by atoms with van der Waals surface area (Å²) in [5.41, 5.74) is 1.90. The van der Waals surface area contributed by atoms with E-state index >= 15 is 0 Å². The SMILES string of the molecule is CCNC(=O)NC(=O)C(c1ccccc1)N1CCN(CC(=O)NCc2ccccc2)CC1. The number of carbonyl (C=O) groups is 3. The Morgan fingerprint density at radius 1 is 0.875 bits per heavy atom. The van der Waals surface area contributed by atoms with E-state index in [-0.39, 0.29) is 11.8 Å². The lowest BCUT2D eigenvalue weighted by Crippen LogP contribution is -2.53. The number of hydrogen-bond donors (Lipinski definition) is 3. The molecule has 0 bridgehead atoms. The number of hydrogen-bond acceptors (Lipinski definition) is 5. The zero-order chi connectivity index (χ0) is 22.8. The van der Waals surface area contributed by atoms with Crippen molar-refractivity contribution in [3.63, 3.8) is 0 Å². The number of imide groups is 1. The first-order valence-electron chi connectivity index (χ1n) is 11.0. The van der Waals surface area contributed by atoms with E-state index in [0.717, 1.165) is 11.1 Å². The lowest BCUT2D eigenvalue weighted by molar-refractivity contribution is -0.128. The number of benzene rings is 2. The second kappa shape index (κ2) is 12.0. The van der Waals surface area contributed by atoms with Crippen LogP contribution in [0.5, 0.6) is 0 Å². The van der Waals surface area contributed by atoms with Gasteiger partial charge in [-0.1, -0.05) is 60.7 Å². The summed E-state index contributed by atoms with van der Waals surface area (Å²) >= 11 is 0. The van der Waals surface area contributed by atoms with Gasteiger partial charge in [0.15, 0.2) is 0 Å². The van der Waals surface area contributed by atoms with Gasteiger partial charge in [0, 0.05) is 39.3 Å². The first-order valence-corrected chi connectivity index (χ1v) is 11.0. The largest absolute Gasteiger partial charge is 0.351 e. The van der Waals surface area contributed by atoms with Crippen LogP contribution in [0.3, 0.4) is 0 Å². The molecule has 1 aliphatic rings. The Morgan fingerprint density at radius 2 is 1.50 bits per heavy atom. The van der Waals surface area contributed by atoms with Crippen LogP contribution >= 0.6 is 0 Å². The summed E-state index contributed by atoms with van der Waals surface area (Å²) in [6.07, 6.45) is 0. The Balaban J connectivity index is 1.54. The van der Waals surface area contributed by atoms with Crippen LogP contribution in [0.1, 0.15) is 24.1 Å². The maximum Gasteiger partial charge on any atom is 0.321 e. The monoisotopic (exact) mass is 437 g/mol. The molecule has 0 radical (unpaired) electrons. The quantitative estimate of drug-likeness (QED) is 0.582. The predicted molar refractivity (Wildman–Crippen MR) is 123 cm³/mol. The Labute approximate surface area is 189 Å². The maximum absolute atomic E-state index is 12.9. The van der Waals surface area contributed by atoms with Gasteiger partial charge in [-0.3, -0.25) is 24.7 Å². The van der Waals surface area contributed by atoms with Crippen LogP contribution in [0, 0.1) is 0 Å². The molecule has 0 aromatic heterocycles. The molecule has 0 spiro atoms. The summed E-state index contributed by atoms with van der Waals surface area (Å²) in [6.45, 7) is 5.64. The summed E-state index contributed by atoms with van der Waals surface area (Å²) < 4.78 is 0. The molecule has 1 heterocycles. The third-order valence-corrected chi connectivity index (χ3v) is 5.41. The highest BCUT2D eigenvalue weighted by Crippen LogP contribution is 2.22. The van der Waals surface area contributed by atoms with Crippen molar-refractivity contribution in [1.82, 2.24) is 25.8 Å². The molecule has 0 saturated carbocycles. The van der Waals surface area contributed by atoms with Crippen molar-refractivity contribution in [2.75, 3.05) is 39.3 Å². The number of nitrogens with zero attached hydrogens (tertiary/aromatic N) is 2. The average Bonchev–Trinajstić information content (AvgIpc) is 2.80. The molecule has 3 N–H and O–H groups in total. The number of urea groups is 1. The van der Waals surface area contributed by atoms with Crippen LogP contribution in [-0.2, 0) is 16.1 Å². The molecule has 32 heavy (non-hydrogen) atoms. The number of nitrogens with one attached hydrogen (secondary N) is 3. The zero-order valence-corrected chi connectivity index (χ0v) is 18.4. The van der Waals surface area contributed by atoms with Crippen molar-refractivity contribution in [3.8, 4) is 0 Å². The molecule has 170 valence electrons. The molecule has 2 aromatic carbocycles. The van der Waals surface area contributed by atoms with Gasteiger partial charge < -0.3 is 10.6 Å². The molecule has 0 aliphatic carbocycles. The third-order valence-electron chi connectivity index (χ3n) is 5.41. The summed E-state index contributed by atoms with van der Waals surface area (Å²) in [6, 6.07) is 18.2. The molecule has 2 aromatic rings. The van der Waals surface area contributed by atoms with Gasteiger partial charge in [0.1, 0.15) is 6.04 Å². The van der Waals surface area contributed by atoms with Gasteiger partial charge in [-0.2, -0.15) is 0 Å². The summed E-state index contributed by atoms with van der Waals surface area (Å²) in [5.74, 6) is -0.368. The second-order valence-corrected chi connectivity index (χ2v) is 7.74. The fourth-order valence-electron chi connectivity index (χ4n) is 3.78. The fourth-order valence-corrected chi connectivity index (χ4v) is 3.78. The molecule has 1 unspecified atom stereocenters. The minimum Gasteiger partial charge on any atom is -0.351 e. The van der Waals surface area contributed by atoms with Crippen LogP contribution in [0.4, 0.5) is 4.79 Å². The zero-order valence-electron chi connectivity index (χ0n) is 18.4. The predicted octanol–water partition coefficient (Wildman–Crippen LogP) is 1.51. The first kappa shape index (κ1) is 23.4. The van der Waals surface area contributed by atoms with E-state index in [4.69, 9.17) is 0 Å². The Bertz CT molecular complexity index is 883. The van der Waals surface area contributed by atoms with Gasteiger partial charge in [-0.25, -0.2) is 4.79 Å². The van der Waals surface area contributed by atoms with E-state index in [0.29, 0.717) is 45.8 Å². The Kier molecular flexibility index (Phi) is 8.77. The third kappa shape index (κ3) is 6.90. The average molecular weight is 438 g/mol. The molecule has 4 amide bonds. The van der Waals surface area contributed by atoms with Crippen molar-refractivity contribution in [3.05, 3.63) is 71.8 Å². The van der Waals surface area contributed by atoms with E-state index < -0.39 is 12.1 Å². The Morgan fingerprint density at radius 3 is 2.12 bits per heavy atom. The van der Waals surface area contributed by atoms with Gasteiger partial charge >= 0.3 is 6.03 Å². The molecule has 1 atom stereocenters.